The highest BCUT2D eigenvalue weighted by atomic mass is 16.5. The highest BCUT2D eigenvalue weighted by molar-refractivity contribution is 5.80. The number of hydrogen-bond acceptors (Lipinski definition) is 3. The van der Waals surface area contributed by atoms with E-state index in [9.17, 15) is 4.79 Å². The van der Waals surface area contributed by atoms with Crippen molar-refractivity contribution in [3.05, 3.63) is 0 Å². The molecule has 4 rings (SSSR count). The molecule has 0 aromatic rings. The molecular weight excluding hydrogens is 278 g/mol. The smallest absolute Gasteiger partial charge is 0.225 e. The first-order chi connectivity index (χ1) is 10.7. The normalized spacial score (nSPS) is 32.0. The van der Waals surface area contributed by atoms with Gasteiger partial charge in [-0.15, -0.1) is 0 Å². The molecule has 0 aromatic heterocycles. The van der Waals surface area contributed by atoms with Crippen LogP contribution in [-0.2, 0) is 14.3 Å². The summed E-state index contributed by atoms with van der Waals surface area (Å²) < 4.78 is 12.2. The Hall–Kier alpha value is -0.610. The van der Waals surface area contributed by atoms with Crippen LogP contribution >= 0.6 is 0 Å². The lowest BCUT2D eigenvalue weighted by Crippen LogP contribution is -2.68. The van der Waals surface area contributed by atoms with Gasteiger partial charge in [-0.3, -0.25) is 4.79 Å². The van der Waals surface area contributed by atoms with Gasteiger partial charge in [0.2, 0.25) is 5.91 Å². The predicted molar refractivity (Wildman–Crippen MR) is 83.5 cm³/mol. The van der Waals surface area contributed by atoms with Crippen LogP contribution in [0.15, 0.2) is 0 Å². The molecule has 2 saturated heterocycles. The number of hydrogen-bond donors (Lipinski definition) is 0. The lowest BCUT2D eigenvalue weighted by atomic mass is 9.80. The Morgan fingerprint density at radius 3 is 2.55 bits per heavy atom. The molecule has 0 radical (unpaired) electrons. The average molecular weight is 307 g/mol. The summed E-state index contributed by atoms with van der Waals surface area (Å²) in [5, 5.41) is 0. The van der Waals surface area contributed by atoms with Gasteiger partial charge in [0.25, 0.3) is 0 Å². The SMILES string of the molecule is O=C(C1CCC1)N1CC2(C[C@@H](OCC3CCCC3)CCO2)C1. The largest absolute Gasteiger partial charge is 0.378 e. The Balaban J connectivity index is 1.24. The van der Waals surface area contributed by atoms with Crippen molar-refractivity contribution in [3.63, 3.8) is 0 Å². The first-order valence-electron chi connectivity index (χ1n) is 9.28. The number of ether oxygens (including phenoxy) is 2. The van der Waals surface area contributed by atoms with E-state index in [4.69, 9.17) is 9.47 Å². The summed E-state index contributed by atoms with van der Waals surface area (Å²) in [6, 6.07) is 0. The monoisotopic (exact) mass is 307 g/mol. The van der Waals surface area contributed by atoms with E-state index in [1.165, 1.54) is 32.1 Å². The van der Waals surface area contributed by atoms with Crippen LogP contribution in [0.1, 0.15) is 57.8 Å². The molecule has 2 aliphatic heterocycles. The molecule has 0 aromatic carbocycles. The molecule has 124 valence electrons. The Bertz CT molecular complexity index is 409. The molecule has 1 atom stereocenters. The van der Waals surface area contributed by atoms with Gasteiger partial charge in [-0.05, 0) is 38.0 Å². The second kappa shape index (κ2) is 6.12. The van der Waals surface area contributed by atoms with E-state index in [0.717, 1.165) is 57.9 Å². The number of likely N-dealkylation sites (tertiary alicyclic amines) is 1. The van der Waals surface area contributed by atoms with Crippen molar-refractivity contribution in [1.29, 1.82) is 0 Å². The highest BCUT2D eigenvalue weighted by Gasteiger charge is 2.50. The second-order valence-corrected chi connectivity index (χ2v) is 7.95. The maximum absolute atomic E-state index is 12.3. The maximum atomic E-state index is 12.3. The summed E-state index contributed by atoms with van der Waals surface area (Å²) in [4.78, 5) is 14.3. The molecule has 2 aliphatic carbocycles. The molecule has 0 bridgehead atoms. The summed E-state index contributed by atoms with van der Waals surface area (Å²) in [7, 11) is 0. The van der Waals surface area contributed by atoms with Gasteiger partial charge in [-0.25, -0.2) is 0 Å². The Morgan fingerprint density at radius 2 is 1.86 bits per heavy atom. The third kappa shape index (κ3) is 2.92. The van der Waals surface area contributed by atoms with Crippen LogP contribution in [-0.4, -0.2) is 48.8 Å². The van der Waals surface area contributed by atoms with Gasteiger partial charge in [0, 0.05) is 25.6 Å². The average Bonchev–Trinajstić information content (AvgIpc) is 2.94. The van der Waals surface area contributed by atoms with Crippen LogP contribution in [0.25, 0.3) is 0 Å². The van der Waals surface area contributed by atoms with Crippen molar-refractivity contribution in [2.45, 2.75) is 69.5 Å². The van der Waals surface area contributed by atoms with Crippen molar-refractivity contribution in [2.75, 3.05) is 26.3 Å². The topological polar surface area (TPSA) is 38.8 Å². The first-order valence-corrected chi connectivity index (χ1v) is 9.28. The number of carbonyl (C=O) groups excluding carboxylic acids is 1. The standard InChI is InChI=1S/C18H29NO3/c20-17(15-6-3-7-15)19-12-18(13-19)10-16(8-9-22-18)21-11-14-4-1-2-5-14/h14-16H,1-13H2/t16-/m0/s1. The Morgan fingerprint density at radius 1 is 1.09 bits per heavy atom. The number of rotatable bonds is 4. The fourth-order valence-electron chi connectivity index (χ4n) is 4.51. The molecule has 0 N–H and O–H groups in total. The van der Waals surface area contributed by atoms with E-state index in [1.54, 1.807) is 0 Å². The lowest BCUT2D eigenvalue weighted by Gasteiger charge is -2.54. The third-order valence-corrected chi connectivity index (χ3v) is 6.21. The third-order valence-electron chi connectivity index (χ3n) is 6.21. The van der Waals surface area contributed by atoms with Gasteiger partial charge in [0.05, 0.1) is 19.2 Å². The molecule has 0 unspecified atom stereocenters. The van der Waals surface area contributed by atoms with E-state index in [1.807, 2.05) is 4.90 Å². The van der Waals surface area contributed by atoms with Crippen LogP contribution < -0.4 is 0 Å². The van der Waals surface area contributed by atoms with Crippen molar-refractivity contribution in [3.8, 4) is 0 Å². The van der Waals surface area contributed by atoms with Gasteiger partial charge in [-0.1, -0.05) is 19.3 Å². The molecule has 2 saturated carbocycles. The Labute approximate surface area is 133 Å². The van der Waals surface area contributed by atoms with Crippen molar-refractivity contribution < 1.29 is 14.3 Å². The van der Waals surface area contributed by atoms with Gasteiger partial charge in [0.15, 0.2) is 0 Å². The van der Waals surface area contributed by atoms with Crippen LogP contribution in [0.2, 0.25) is 0 Å². The quantitative estimate of drug-likeness (QED) is 0.801. The molecule has 22 heavy (non-hydrogen) atoms. The van der Waals surface area contributed by atoms with Crippen LogP contribution in [0.5, 0.6) is 0 Å². The van der Waals surface area contributed by atoms with Gasteiger partial charge >= 0.3 is 0 Å². The molecular formula is C18H29NO3. The Kier molecular flexibility index (Phi) is 4.16. The van der Waals surface area contributed by atoms with Crippen LogP contribution in [0.4, 0.5) is 0 Å². The van der Waals surface area contributed by atoms with E-state index in [0.29, 0.717) is 17.9 Å². The number of amides is 1. The van der Waals surface area contributed by atoms with Crippen molar-refractivity contribution in [2.24, 2.45) is 11.8 Å². The highest BCUT2D eigenvalue weighted by Crippen LogP contribution is 2.38. The summed E-state index contributed by atoms with van der Waals surface area (Å²) >= 11 is 0. The van der Waals surface area contributed by atoms with E-state index in [-0.39, 0.29) is 5.60 Å². The van der Waals surface area contributed by atoms with Gasteiger partial charge in [-0.2, -0.15) is 0 Å². The minimum Gasteiger partial charge on any atom is -0.378 e. The van der Waals surface area contributed by atoms with Crippen molar-refractivity contribution >= 4 is 5.91 Å². The summed E-state index contributed by atoms with van der Waals surface area (Å²) in [5.41, 5.74) is -0.0853. The summed E-state index contributed by atoms with van der Waals surface area (Å²) in [5.74, 6) is 1.47. The maximum Gasteiger partial charge on any atom is 0.225 e. The zero-order chi connectivity index (χ0) is 15.0. The first kappa shape index (κ1) is 14.9. The second-order valence-electron chi connectivity index (χ2n) is 7.95. The van der Waals surface area contributed by atoms with Crippen molar-refractivity contribution in [1.82, 2.24) is 4.90 Å². The van der Waals surface area contributed by atoms with E-state index >= 15 is 0 Å². The van der Waals surface area contributed by atoms with E-state index < -0.39 is 0 Å². The van der Waals surface area contributed by atoms with E-state index in [2.05, 4.69) is 0 Å². The minimum absolute atomic E-state index is 0.0853. The zero-order valence-electron chi connectivity index (χ0n) is 13.6. The number of carbonyl (C=O) groups is 1. The van der Waals surface area contributed by atoms with Crippen LogP contribution in [0, 0.1) is 11.8 Å². The molecule has 4 nitrogen and oxygen atoms in total. The fraction of sp³-hybridized carbons (Fsp3) is 0.944. The molecule has 2 heterocycles. The summed E-state index contributed by atoms with van der Waals surface area (Å²) in [6.07, 6.45) is 11.2. The minimum atomic E-state index is -0.0853. The van der Waals surface area contributed by atoms with Crippen LogP contribution in [0.3, 0.4) is 0 Å². The zero-order valence-corrected chi connectivity index (χ0v) is 13.6. The molecule has 4 fully saturated rings. The molecule has 4 aliphatic rings. The molecule has 1 amide bonds. The predicted octanol–water partition coefficient (Wildman–Crippen LogP) is 2.75. The number of nitrogens with zero attached hydrogens (tertiary/aromatic N) is 1. The lowest BCUT2D eigenvalue weighted by molar-refractivity contribution is -0.205. The van der Waals surface area contributed by atoms with Gasteiger partial charge in [0.1, 0.15) is 5.60 Å². The summed E-state index contributed by atoms with van der Waals surface area (Å²) in [6.45, 7) is 3.32. The molecule has 1 spiro atoms. The van der Waals surface area contributed by atoms with Gasteiger partial charge < -0.3 is 14.4 Å². The molecule has 4 heteroatoms. The fourth-order valence-corrected chi connectivity index (χ4v) is 4.51.